The molecule has 3 aromatic rings. The minimum Gasteiger partial charge on any atom is -0.506 e. The third kappa shape index (κ3) is 3.11. The summed E-state index contributed by atoms with van der Waals surface area (Å²) in [6, 6.07) is 8.83. The molecule has 106 valence electrons. The summed E-state index contributed by atoms with van der Waals surface area (Å²) in [5, 5.41) is 17.2. The van der Waals surface area contributed by atoms with E-state index in [4.69, 9.17) is 11.6 Å². The Hall–Kier alpha value is -2.60. The Morgan fingerprint density at radius 2 is 2.14 bits per heavy atom. The number of rotatable bonds is 4. The number of halogens is 1. The number of nitrogens with zero attached hydrogens (tertiary/aromatic N) is 4. The van der Waals surface area contributed by atoms with E-state index >= 15 is 0 Å². The molecule has 0 radical (unpaired) electrons. The summed E-state index contributed by atoms with van der Waals surface area (Å²) < 4.78 is 1.66. The summed E-state index contributed by atoms with van der Waals surface area (Å²) >= 11 is 6.05. The summed E-state index contributed by atoms with van der Waals surface area (Å²) in [4.78, 5) is 8.07. The lowest BCUT2D eigenvalue weighted by Gasteiger charge is -2.12. The number of benzene rings is 1. The number of hydrogen-bond acceptors (Lipinski definition) is 5. The minimum atomic E-state index is 0.143. The Morgan fingerprint density at radius 3 is 2.86 bits per heavy atom. The van der Waals surface area contributed by atoms with Crippen molar-refractivity contribution >= 4 is 17.3 Å². The summed E-state index contributed by atoms with van der Waals surface area (Å²) in [6.07, 6.45) is 4.50. The van der Waals surface area contributed by atoms with Gasteiger partial charge in [0.15, 0.2) is 0 Å². The second kappa shape index (κ2) is 5.80. The first-order valence-electron chi connectivity index (χ1n) is 6.25. The van der Waals surface area contributed by atoms with E-state index in [9.17, 15) is 5.11 Å². The van der Waals surface area contributed by atoms with Crippen LogP contribution in [0.5, 0.6) is 5.75 Å². The van der Waals surface area contributed by atoms with Crippen LogP contribution in [0, 0.1) is 0 Å². The largest absolute Gasteiger partial charge is 0.506 e. The quantitative estimate of drug-likeness (QED) is 0.775. The average molecular weight is 302 g/mol. The van der Waals surface area contributed by atoms with Crippen molar-refractivity contribution in [3.63, 3.8) is 0 Å². The standard InChI is InChI=1S/C14H12ClN5O/c15-10-1-4-14(20-9-16-8-19-20)13(5-10)18-6-11-2-3-12(21)7-17-11/h1-5,7-9,18,21H,6H2. The summed E-state index contributed by atoms with van der Waals surface area (Å²) in [7, 11) is 0. The molecule has 0 unspecified atom stereocenters. The highest BCUT2D eigenvalue weighted by molar-refractivity contribution is 6.31. The fourth-order valence-corrected chi connectivity index (χ4v) is 2.06. The molecule has 2 aromatic heterocycles. The third-order valence-electron chi connectivity index (χ3n) is 2.89. The molecule has 0 atom stereocenters. The number of nitrogens with one attached hydrogen (secondary N) is 1. The minimum absolute atomic E-state index is 0.143. The molecule has 0 saturated carbocycles. The van der Waals surface area contributed by atoms with Crippen LogP contribution in [0.4, 0.5) is 5.69 Å². The van der Waals surface area contributed by atoms with Gasteiger partial charge in [0.1, 0.15) is 18.4 Å². The molecule has 0 bridgehead atoms. The second-order valence-corrected chi connectivity index (χ2v) is 4.80. The van der Waals surface area contributed by atoms with E-state index in [1.54, 1.807) is 29.2 Å². The zero-order chi connectivity index (χ0) is 14.7. The first kappa shape index (κ1) is 13.4. The zero-order valence-corrected chi connectivity index (χ0v) is 11.7. The number of hydrogen-bond donors (Lipinski definition) is 2. The highest BCUT2D eigenvalue weighted by Crippen LogP contribution is 2.24. The number of anilines is 1. The zero-order valence-electron chi connectivity index (χ0n) is 10.9. The first-order valence-corrected chi connectivity index (χ1v) is 6.62. The van der Waals surface area contributed by atoms with Crippen LogP contribution < -0.4 is 5.32 Å². The van der Waals surface area contributed by atoms with Crippen molar-refractivity contribution < 1.29 is 5.11 Å². The summed E-state index contributed by atoms with van der Waals surface area (Å²) in [5.74, 6) is 0.143. The fraction of sp³-hybridized carbons (Fsp3) is 0.0714. The Balaban J connectivity index is 1.84. The van der Waals surface area contributed by atoms with Gasteiger partial charge in [-0.05, 0) is 30.3 Å². The number of pyridine rings is 1. The third-order valence-corrected chi connectivity index (χ3v) is 3.13. The molecule has 2 heterocycles. The lowest BCUT2D eigenvalue weighted by atomic mass is 10.2. The van der Waals surface area contributed by atoms with Crippen molar-refractivity contribution in [2.75, 3.05) is 5.32 Å². The van der Waals surface area contributed by atoms with Gasteiger partial charge in [-0.25, -0.2) is 9.67 Å². The van der Waals surface area contributed by atoms with Gasteiger partial charge in [-0.2, -0.15) is 5.10 Å². The van der Waals surface area contributed by atoms with Gasteiger partial charge in [-0.15, -0.1) is 0 Å². The smallest absolute Gasteiger partial charge is 0.138 e. The molecular formula is C14H12ClN5O. The van der Waals surface area contributed by atoms with E-state index in [2.05, 4.69) is 20.4 Å². The maximum absolute atomic E-state index is 9.23. The van der Waals surface area contributed by atoms with E-state index in [-0.39, 0.29) is 5.75 Å². The second-order valence-electron chi connectivity index (χ2n) is 4.36. The van der Waals surface area contributed by atoms with Crippen LogP contribution in [0.2, 0.25) is 5.02 Å². The van der Waals surface area contributed by atoms with Crippen LogP contribution in [-0.2, 0) is 6.54 Å². The van der Waals surface area contributed by atoms with Crippen LogP contribution >= 0.6 is 11.6 Å². The van der Waals surface area contributed by atoms with Gasteiger partial charge in [0.2, 0.25) is 0 Å². The molecule has 0 saturated heterocycles. The topological polar surface area (TPSA) is 75.9 Å². The van der Waals surface area contributed by atoms with E-state index in [1.807, 2.05) is 12.1 Å². The predicted molar refractivity (Wildman–Crippen MR) is 79.6 cm³/mol. The molecule has 21 heavy (non-hydrogen) atoms. The highest BCUT2D eigenvalue weighted by atomic mass is 35.5. The highest BCUT2D eigenvalue weighted by Gasteiger charge is 2.06. The summed E-state index contributed by atoms with van der Waals surface area (Å²) in [6.45, 7) is 0.502. The Morgan fingerprint density at radius 1 is 1.24 bits per heavy atom. The molecule has 0 spiro atoms. The van der Waals surface area contributed by atoms with E-state index in [0.29, 0.717) is 11.6 Å². The summed E-state index contributed by atoms with van der Waals surface area (Å²) in [5.41, 5.74) is 2.47. The van der Waals surface area contributed by atoms with E-state index < -0.39 is 0 Å². The molecule has 7 heteroatoms. The molecule has 0 aliphatic rings. The maximum atomic E-state index is 9.23. The van der Waals surface area contributed by atoms with Gasteiger partial charge in [0.25, 0.3) is 0 Å². The monoisotopic (exact) mass is 301 g/mol. The SMILES string of the molecule is Oc1ccc(CNc2cc(Cl)ccc2-n2cncn2)nc1. The van der Waals surface area contributed by atoms with Crippen molar-refractivity contribution in [2.24, 2.45) is 0 Å². The van der Waals surface area contributed by atoms with Gasteiger partial charge < -0.3 is 10.4 Å². The van der Waals surface area contributed by atoms with E-state index in [0.717, 1.165) is 17.1 Å². The molecule has 0 aliphatic carbocycles. The van der Waals surface area contributed by atoms with Gasteiger partial charge in [0.05, 0.1) is 29.8 Å². The molecule has 0 aliphatic heterocycles. The lowest BCUT2D eigenvalue weighted by molar-refractivity contribution is 0.472. The van der Waals surface area contributed by atoms with Gasteiger partial charge in [0, 0.05) is 5.02 Å². The van der Waals surface area contributed by atoms with Crippen LogP contribution in [0.15, 0.2) is 49.2 Å². The molecule has 2 N–H and O–H groups in total. The van der Waals surface area contributed by atoms with Crippen molar-refractivity contribution in [1.29, 1.82) is 0 Å². The first-order chi connectivity index (χ1) is 10.2. The van der Waals surface area contributed by atoms with Crippen molar-refractivity contribution in [3.8, 4) is 11.4 Å². The van der Waals surface area contributed by atoms with Crippen molar-refractivity contribution in [1.82, 2.24) is 19.7 Å². The van der Waals surface area contributed by atoms with Crippen LogP contribution in [0.1, 0.15) is 5.69 Å². The molecule has 0 fully saturated rings. The Bertz CT molecular complexity index is 728. The van der Waals surface area contributed by atoms with Crippen LogP contribution in [0.25, 0.3) is 5.69 Å². The molecule has 3 rings (SSSR count). The molecule has 1 aromatic carbocycles. The number of aromatic hydroxyl groups is 1. The van der Waals surface area contributed by atoms with Gasteiger partial charge >= 0.3 is 0 Å². The molecule has 6 nitrogen and oxygen atoms in total. The Labute approximate surface area is 126 Å². The number of aromatic nitrogens is 4. The normalized spacial score (nSPS) is 10.5. The predicted octanol–water partition coefficient (Wildman–Crippen LogP) is 2.63. The lowest BCUT2D eigenvalue weighted by Crippen LogP contribution is -2.06. The fourth-order valence-electron chi connectivity index (χ4n) is 1.89. The van der Waals surface area contributed by atoms with Crippen LogP contribution in [-0.4, -0.2) is 24.9 Å². The van der Waals surface area contributed by atoms with Crippen molar-refractivity contribution in [2.45, 2.75) is 6.54 Å². The maximum Gasteiger partial charge on any atom is 0.138 e. The van der Waals surface area contributed by atoms with Crippen molar-refractivity contribution in [3.05, 3.63) is 59.9 Å². The van der Waals surface area contributed by atoms with E-state index in [1.165, 1.54) is 12.5 Å². The average Bonchev–Trinajstić information content (AvgIpc) is 3.01. The molecular weight excluding hydrogens is 290 g/mol. The molecule has 0 amide bonds. The van der Waals surface area contributed by atoms with Crippen LogP contribution in [0.3, 0.4) is 0 Å². The van der Waals surface area contributed by atoms with Gasteiger partial charge in [-0.1, -0.05) is 11.6 Å². The van der Waals surface area contributed by atoms with Gasteiger partial charge in [-0.3, -0.25) is 4.98 Å². The Kier molecular flexibility index (Phi) is 3.70.